The molecule has 0 aromatic heterocycles. The first-order chi connectivity index (χ1) is 9.69. The lowest BCUT2D eigenvalue weighted by molar-refractivity contribution is -0.0706. The van der Waals surface area contributed by atoms with E-state index in [4.69, 9.17) is 4.74 Å². The fourth-order valence-electron chi connectivity index (χ4n) is 3.19. The normalized spacial score (nSPS) is 24.0. The monoisotopic (exact) mass is 276 g/mol. The van der Waals surface area contributed by atoms with Crippen molar-refractivity contribution in [1.29, 1.82) is 0 Å². The van der Waals surface area contributed by atoms with E-state index in [1.165, 1.54) is 23.1 Å². The van der Waals surface area contributed by atoms with Crippen LogP contribution < -0.4 is 5.32 Å². The Morgan fingerprint density at radius 1 is 1.35 bits per heavy atom. The van der Waals surface area contributed by atoms with E-state index >= 15 is 0 Å². The minimum Gasteiger partial charge on any atom is -0.374 e. The third-order valence-corrected chi connectivity index (χ3v) is 4.34. The van der Waals surface area contributed by atoms with Crippen LogP contribution in [0, 0.1) is 13.8 Å². The molecule has 2 rings (SSSR count). The summed E-state index contributed by atoms with van der Waals surface area (Å²) in [4.78, 5) is 2.59. The summed E-state index contributed by atoms with van der Waals surface area (Å²) >= 11 is 0. The zero-order chi connectivity index (χ0) is 14.5. The van der Waals surface area contributed by atoms with Crippen LogP contribution in [-0.2, 0) is 4.74 Å². The molecule has 0 aliphatic carbocycles. The largest absolute Gasteiger partial charge is 0.374 e. The van der Waals surface area contributed by atoms with Crippen LogP contribution in [0.4, 0.5) is 0 Å². The summed E-state index contributed by atoms with van der Waals surface area (Å²) in [5, 5.41) is 3.28. The molecule has 112 valence electrons. The number of hydrogen-bond acceptors (Lipinski definition) is 3. The highest BCUT2D eigenvalue weighted by atomic mass is 16.5. The third kappa shape index (κ3) is 3.22. The lowest BCUT2D eigenvalue weighted by Crippen LogP contribution is -2.49. The molecule has 1 aliphatic rings. The molecule has 1 heterocycles. The van der Waals surface area contributed by atoms with E-state index in [9.17, 15) is 0 Å². The van der Waals surface area contributed by atoms with E-state index in [1.807, 2.05) is 7.05 Å². The Labute approximate surface area is 123 Å². The van der Waals surface area contributed by atoms with Crippen molar-refractivity contribution in [3.63, 3.8) is 0 Å². The summed E-state index contributed by atoms with van der Waals surface area (Å²) in [6.45, 7) is 10.6. The summed E-state index contributed by atoms with van der Waals surface area (Å²) in [6.07, 6.45) is 1.42. The average Bonchev–Trinajstić information content (AvgIpc) is 2.44. The Morgan fingerprint density at radius 2 is 2.15 bits per heavy atom. The zero-order valence-electron chi connectivity index (χ0n) is 13.3. The SMILES string of the molecule is CCCN1CCOC(CNC)C1c1cccc(C)c1C. The second-order valence-corrected chi connectivity index (χ2v) is 5.74. The van der Waals surface area contributed by atoms with Crippen LogP contribution in [0.1, 0.15) is 36.1 Å². The summed E-state index contributed by atoms with van der Waals surface area (Å²) in [6, 6.07) is 7.01. The van der Waals surface area contributed by atoms with Gasteiger partial charge >= 0.3 is 0 Å². The predicted molar refractivity (Wildman–Crippen MR) is 84.2 cm³/mol. The van der Waals surface area contributed by atoms with Gasteiger partial charge in [-0.3, -0.25) is 4.90 Å². The smallest absolute Gasteiger partial charge is 0.0896 e. The van der Waals surface area contributed by atoms with Crippen molar-refractivity contribution >= 4 is 0 Å². The Kier molecular flexibility index (Phi) is 5.58. The predicted octanol–water partition coefficient (Wildman–Crippen LogP) is 2.67. The molecule has 1 aromatic rings. The van der Waals surface area contributed by atoms with Crippen LogP contribution >= 0.6 is 0 Å². The summed E-state index contributed by atoms with van der Waals surface area (Å²) in [7, 11) is 2.00. The molecule has 3 nitrogen and oxygen atoms in total. The molecule has 2 atom stereocenters. The van der Waals surface area contributed by atoms with Gasteiger partial charge in [0.2, 0.25) is 0 Å². The Morgan fingerprint density at radius 3 is 2.85 bits per heavy atom. The first-order valence-electron chi connectivity index (χ1n) is 7.75. The molecular formula is C17H28N2O. The molecule has 0 amide bonds. The van der Waals surface area contributed by atoms with Gasteiger partial charge in [0, 0.05) is 13.1 Å². The van der Waals surface area contributed by atoms with E-state index in [2.05, 4.69) is 49.2 Å². The molecule has 1 aromatic carbocycles. The van der Waals surface area contributed by atoms with E-state index in [-0.39, 0.29) is 6.10 Å². The number of aryl methyl sites for hydroxylation is 1. The van der Waals surface area contributed by atoms with Gasteiger partial charge in [0.25, 0.3) is 0 Å². The van der Waals surface area contributed by atoms with E-state index in [0.717, 1.165) is 26.2 Å². The lowest BCUT2D eigenvalue weighted by atomic mass is 9.91. The highest BCUT2D eigenvalue weighted by molar-refractivity contribution is 5.36. The topological polar surface area (TPSA) is 24.5 Å². The van der Waals surface area contributed by atoms with Crippen molar-refractivity contribution < 1.29 is 4.74 Å². The van der Waals surface area contributed by atoms with E-state index < -0.39 is 0 Å². The van der Waals surface area contributed by atoms with Gasteiger partial charge in [0.05, 0.1) is 18.8 Å². The van der Waals surface area contributed by atoms with Crippen molar-refractivity contribution in [3.05, 3.63) is 34.9 Å². The summed E-state index contributed by atoms with van der Waals surface area (Å²) in [5.41, 5.74) is 4.20. The van der Waals surface area contributed by atoms with Gasteiger partial charge in [-0.25, -0.2) is 0 Å². The van der Waals surface area contributed by atoms with Crippen LogP contribution in [0.5, 0.6) is 0 Å². The number of nitrogens with zero attached hydrogens (tertiary/aromatic N) is 1. The Bertz CT molecular complexity index is 415. The lowest BCUT2D eigenvalue weighted by Gasteiger charge is -2.42. The van der Waals surface area contributed by atoms with E-state index in [0.29, 0.717) is 6.04 Å². The Balaban J connectivity index is 2.35. The van der Waals surface area contributed by atoms with Gasteiger partial charge in [0.15, 0.2) is 0 Å². The first kappa shape index (κ1) is 15.5. The number of hydrogen-bond donors (Lipinski definition) is 1. The molecule has 1 aliphatic heterocycles. The average molecular weight is 276 g/mol. The third-order valence-electron chi connectivity index (χ3n) is 4.34. The number of likely N-dealkylation sites (N-methyl/N-ethyl adjacent to an activating group) is 1. The second kappa shape index (κ2) is 7.21. The molecule has 3 heteroatoms. The second-order valence-electron chi connectivity index (χ2n) is 5.74. The fourth-order valence-corrected chi connectivity index (χ4v) is 3.19. The van der Waals surface area contributed by atoms with Crippen molar-refractivity contribution in [1.82, 2.24) is 10.2 Å². The van der Waals surface area contributed by atoms with Crippen molar-refractivity contribution in [3.8, 4) is 0 Å². The summed E-state index contributed by atoms with van der Waals surface area (Å²) < 4.78 is 6.05. The maximum Gasteiger partial charge on any atom is 0.0896 e. The minimum absolute atomic E-state index is 0.237. The van der Waals surface area contributed by atoms with E-state index in [1.54, 1.807) is 0 Å². The molecule has 0 saturated carbocycles. The number of morpholine rings is 1. The molecule has 1 N–H and O–H groups in total. The Hall–Kier alpha value is -0.900. The van der Waals surface area contributed by atoms with Crippen molar-refractivity contribution in [2.45, 2.75) is 39.3 Å². The van der Waals surface area contributed by atoms with Gasteiger partial charge in [-0.1, -0.05) is 25.1 Å². The van der Waals surface area contributed by atoms with Crippen LogP contribution in [0.2, 0.25) is 0 Å². The van der Waals surface area contributed by atoms with Crippen LogP contribution in [0.15, 0.2) is 18.2 Å². The number of rotatable bonds is 5. The number of nitrogens with one attached hydrogen (secondary N) is 1. The molecule has 2 unspecified atom stereocenters. The maximum absolute atomic E-state index is 6.05. The highest BCUT2D eigenvalue weighted by Crippen LogP contribution is 2.32. The van der Waals surface area contributed by atoms with Gasteiger partial charge in [-0.15, -0.1) is 0 Å². The number of ether oxygens (including phenoxy) is 1. The number of benzene rings is 1. The highest BCUT2D eigenvalue weighted by Gasteiger charge is 2.33. The van der Waals surface area contributed by atoms with Gasteiger partial charge in [0.1, 0.15) is 0 Å². The van der Waals surface area contributed by atoms with Crippen LogP contribution in [-0.4, -0.2) is 44.3 Å². The van der Waals surface area contributed by atoms with Crippen molar-refractivity contribution in [2.75, 3.05) is 33.3 Å². The molecule has 1 fully saturated rings. The summed E-state index contributed by atoms with van der Waals surface area (Å²) in [5.74, 6) is 0. The molecule has 20 heavy (non-hydrogen) atoms. The minimum atomic E-state index is 0.237. The van der Waals surface area contributed by atoms with Gasteiger partial charge in [-0.2, -0.15) is 0 Å². The van der Waals surface area contributed by atoms with Crippen LogP contribution in [0.3, 0.4) is 0 Å². The molecule has 1 saturated heterocycles. The van der Waals surface area contributed by atoms with Crippen molar-refractivity contribution in [2.24, 2.45) is 0 Å². The molecule has 0 spiro atoms. The van der Waals surface area contributed by atoms with Gasteiger partial charge in [-0.05, 0) is 50.6 Å². The van der Waals surface area contributed by atoms with Gasteiger partial charge < -0.3 is 10.1 Å². The van der Waals surface area contributed by atoms with Crippen LogP contribution in [0.25, 0.3) is 0 Å². The fraction of sp³-hybridized carbons (Fsp3) is 0.647. The molecular weight excluding hydrogens is 248 g/mol. The zero-order valence-corrected chi connectivity index (χ0v) is 13.3. The quantitative estimate of drug-likeness (QED) is 0.895. The molecule has 0 radical (unpaired) electrons. The molecule has 0 bridgehead atoms. The maximum atomic E-state index is 6.05. The first-order valence-corrected chi connectivity index (χ1v) is 7.75. The standard InChI is InChI=1S/C17H28N2O/c1-5-9-19-10-11-20-16(12-18-4)17(19)15-8-6-7-13(2)14(15)3/h6-8,16-18H,5,9-12H2,1-4H3.